The van der Waals surface area contributed by atoms with E-state index in [9.17, 15) is 9.59 Å². The number of halogens is 1. The summed E-state index contributed by atoms with van der Waals surface area (Å²) in [6.45, 7) is 0. The van der Waals surface area contributed by atoms with Crippen LogP contribution in [0.1, 0.15) is 45.6 Å². The molecule has 0 spiro atoms. The summed E-state index contributed by atoms with van der Waals surface area (Å²) in [7, 11) is 0. The number of aryl methyl sites for hydroxylation is 1. The van der Waals surface area contributed by atoms with Gasteiger partial charge in [-0.25, -0.2) is 0 Å². The number of rotatable bonds is 5. The molecule has 0 bridgehead atoms. The first kappa shape index (κ1) is 20.6. The molecule has 1 heterocycles. The second kappa shape index (κ2) is 9.45. The predicted octanol–water partition coefficient (Wildman–Crippen LogP) is 6.10. The zero-order valence-corrected chi connectivity index (χ0v) is 18.1. The molecule has 0 fully saturated rings. The minimum absolute atomic E-state index is 0.116. The van der Waals surface area contributed by atoms with Gasteiger partial charge >= 0.3 is 0 Å². The van der Waals surface area contributed by atoms with E-state index in [-0.39, 0.29) is 18.2 Å². The Morgan fingerprint density at radius 2 is 1.73 bits per heavy atom. The minimum atomic E-state index is -0.202. The SMILES string of the molecule is O=C(Cc1ccccc1)Nc1sc2c(c1C(=O)Nc1cccc(Cl)c1)CCCCC2. The highest BCUT2D eigenvalue weighted by molar-refractivity contribution is 7.17. The fourth-order valence-electron chi connectivity index (χ4n) is 3.78. The van der Waals surface area contributed by atoms with E-state index in [2.05, 4.69) is 10.6 Å². The van der Waals surface area contributed by atoms with Gasteiger partial charge in [0.15, 0.2) is 0 Å². The van der Waals surface area contributed by atoms with E-state index in [1.54, 1.807) is 18.2 Å². The summed E-state index contributed by atoms with van der Waals surface area (Å²) in [6.07, 6.45) is 5.41. The zero-order valence-electron chi connectivity index (χ0n) is 16.5. The smallest absolute Gasteiger partial charge is 0.258 e. The summed E-state index contributed by atoms with van der Waals surface area (Å²) in [6, 6.07) is 16.7. The maximum absolute atomic E-state index is 13.2. The molecule has 0 aliphatic heterocycles. The Morgan fingerprint density at radius 1 is 0.933 bits per heavy atom. The van der Waals surface area contributed by atoms with Crippen LogP contribution in [0.3, 0.4) is 0 Å². The molecule has 0 atom stereocenters. The number of hydrogen-bond donors (Lipinski definition) is 2. The molecule has 3 aromatic rings. The van der Waals surface area contributed by atoms with Crippen molar-refractivity contribution in [2.45, 2.75) is 38.5 Å². The van der Waals surface area contributed by atoms with E-state index < -0.39 is 0 Å². The van der Waals surface area contributed by atoms with E-state index >= 15 is 0 Å². The van der Waals surface area contributed by atoms with E-state index in [1.165, 1.54) is 16.2 Å². The maximum atomic E-state index is 13.2. The molecule has 4 nitrogen and oxygen atoms in total. The number of nitrogens with one attached hydrogen (secondary N) is 2. The van der Waals surface area contributed by atoms with Crippen molar-refractivity contribution < 1.29 is 9.59 Å². The monoisotopic (exact) mass is 438 g/mol. The normalized spacial score (nSPS) is 13.2. The lowest BCUT2D eigenvalue weighted by atomic mass is 10.0. The van der Waals surface area contributed by atoms with Gasteiger partial charge in [-0.05, 0) is 55.0 Å². The van der Waals surface area contributed by atoms with Crippen LogP contribution in [-0.2, 0) is 24.1 Å². The Balaban J connectivity index is 1.61. The highest BCUT2D eigenvalue weighted by Gasteiger charge is 2.26. The number of thiophene rings is 1. The van der Waals surface area contributed by atoms with Gasteiger partial charge in [-0.3, -0.25) is 9.59 Å². The van der Waals surface area contributed by atoms with Crippen LogP contribution >= 0.6 is 22.9 Å². The quantitative estimate of drug-likeness (QED) is 0.472. The third-order valence-electron chi connectivity index (χ3n) is 5.19. The van der Waals surface area contributed by atoms with E-state index in [1.807, 2.05) is 36.4 Å². The number of anilines is 2. The van der Waals surface area contributed by atoms with E-state index in [0.717, 1.165) is 43.2 Å². The number of carbonyl (C=O) groups excluding carboxylic acids is 2. The van der Waals surface area contributed by atoms with Gasteiger partial charge in [-0.15, -0.1) is 11.3 Å². The fourth-order valence-corrected chi connectivity index (χ4v) is 5.28. The highest BCUT2D eigenvalue weighted by Crippen LogP contribution is 2.38. The Kier molecular flexibility index (Phi) is 6.50. The fraction of sp³-hybridized carbons (Fsp3) is 0.250. The molecule has 154 valence electrons. The number of carbonyl (C=O) groups is 2. The summed E-state index contributed by atoms with van der Waals surface area (Å²) in [4.78, 5) is 27.1. The highest BCUT2D eigenvalue weighted by atomic mass is 35.5. The van der Waals surface area contributed by atoms with Gasteiger partial charge < -0.3 is 10.6 Å². The molecule has 2 N–H and O–H groups in total. The Morgan fingerprint density at radius 3 is 2.53 bits per heavy atom. The van der Waals surface area contributed by atoms with Gasteiger partial charge in [0.25, 0.3) is 5.91 Å². The van der Waals surface area contributed by atoms with Crippen LogP contribution in [0.4, 0.5) is 10.7 Å². The lowest BCUT2D eigenvalue weighted by molar-refractivity contribution is -0.115. The van der Waals surface area contributed by atoms with Crippen LogP contribution in [0.15, 0.2) is 54.6 Å². The molecular weight excluding hydrogens is 416 g/mol. The minimum Gasteiger partial charge on any atom is -0.322 e. The lowest BCUT2D eigenvalue weighted by Crippen LogP contribution is -2.19. The average molecular weight is 439 g/mol. The van der Waals surface area contributed by atoms with Crippen molar-refractivity contribution in [3.8, 4) is 0 Å². The second-order valence-electron chi connectivity index (χ2n) is 7.44. The third-order valence-corrected chi connectivity index (χ3v) is 6.63. The Labute approximate surface area is 185 Å². The van der Waals surface area contributed by atoms with Crippen molar-refractivity contribution in [2.24, 2.45) is 0 Å². The summed E-state index contributed by atoms with van der Waals surface area (Å²) in [5, 5.41) is 7.16. The number of benzene rings is 2. The third kappa shape index (κ3) is 4.91. The van der Waals surface area contributed by atoms with Crippen molar-refractivity contribution in [2.75, 3.05) is 10.6 Å². The predicted molar refractivity (Wildman–Crippen MR) is 124 cm³/mol. The van der Waals surface area contributed by atoms with Crippen molar-refractivity contribution >= 4 is 45.4 Å². The summed E-state index contributed by atoms with van der Waals surface area (Å²) in [5.74, 6) is -0.318. The number of amides is 2. The van der Waals surface area contributed by atoms with Crippen LogP contribution in [0.2, 0.25) is 5.02 Å². The van der Waals surface area contributed by atoms with Crippen LogP contribution in [-0.4, -0.2) is 11.8 Å². The van der Waals surface area contributed by atoms with Crippen molar-refractivity contribution in [1.29, 1.82) is 0 Å². The molecule has 1 aliphatic rings. The van der Waals surface area contributed by atoms with Crippen LogP contribution < -0.4 is 10.6 Å². The van der Waals surface area contributed by atoms with Gasteiger partial charge in [-0.2, -0.15) is 0 Å². The van der Waals surface area contributed by atoms with Gasteiger partial charge in [-0.1, -0.05) is 54.4 Å². The molecule has 0 saturated carbocycles. The van der Waals surface area contributed by atoms with Crippen LogP contribution in [0, 0.1) is 0 Å². The van der Waals surface area contributed by atoms with Gasteiger partial charge in [0, 0.05) is 15.6 Å². The molecule has 1 aliphatic carbocycles. The first-order valence-electron chi connectivity index (χ1n) is 10.2. The maximum Gasteiger partial charge on any atom is 0.258 e. The summed E-state index contributed by atoms with van der Waals surface area (Å²) in [5.41, 5.74) is 3.26. The van der Waals surface area contributed by atoms with E-state index in [4.69, 9.17) is 11.6 Å². The van der Waals surface area contributed by atoms with Crippen molar-refractivity contribution in [3.05, 3.63) is 81.2 Å². The Hall–Kier alpha value is -2.63. The molecule has 1 aromatic heterocycles. The molecule has 2 aromatic carbocycles. The molecule has 0 unspecified atom stereocenters. The lowest BCUT2D eigenvalue weighted by Gasteiger charge is -2.10. The molecule has 2 amide bonds. The van der Waals surface area contributed by atoms with E-state index in [0.29, 0.717) is 21.3 Å². The Bertz CT molecular complexity index is 1060. The van der Waals surface area contributed by atoms with Crippen molar-refractivity contribution in [1.82, 2.24) is 0 Å². The van der Waals surface area contributed by atoms with Crippen LogP contribution in [0.5, 0.6) is 0 Å². The summed E-state index contributed by atoms with van der Waals surface area (Å²) >= 11 is 7.60. The first-order chi connectivity index (χ1) is 14.6. The molecule has 4 rings (SSSR count). The first-order valence-corrected chi connectivity index (χ1v) is 11.3. The molecular formula is C24H23ClN2O2S. The van der Waals surface area contributed by atoms with Gasteiger partial charge in [0.1, 0.15) is 5.00 Å². The largest absolute Gasteiger partial charge is 0.322 e. The second-order valence-corrected chi connectivity index (χ2v) is 8.99. The van der Waals surface area contributed by atoms with Gasteiger partial charge in [0.05, 0.1) is 12.0 Å². The summed E-state index contributed by atoms with van der Waals surface area (Å²) < 4.78 is 0. The molecule has 6 heteroatoms. The van der Waals surface area contributed by atoms with Crippen molar-refractivity contribution in [3.63, 3.8) is 0 Å². The molecule has 30 heavy (non-hydrogen) atoms. The van der Waals surface area contributed by atoms with Gasteiger partial charge in [0.2, 0.25) is 5.91 Å². The zero-order chi connectivity index (χ0) is 20.9. The van der Waals surface area contributed by atoms with Crippen LogP contribution in [0.25, 0.3) is 0 Å². The molecule has 0 radical (unpaired) electrons. The average Bonchev–Trinajstić information content (AvgIpc) is 2.89. The molecule has 0 saturated heterocycles. The number of fused-ring (bicyclic) bond motifs is 1. The number of hydrogen-bond acceptors (Lipinski definition) is 3. The standard InChI is InChI=1S/C24H23ClN2O2S/c25-17-10-7-11-18(15-17)26-23(29)22-19-12-5-2-6-13-20(19)30-24(22)27-21(28)14-16-8-3-1-4-9-16/h1,3-4,7-11,15H,2,5-6,12-14H2,(H,26,29)(H,27,28). The topological polar surface area (TPSA) is 58.2 Å².